The Morgan fingerprint density at radius 1 is 1.39 bits per heavy atom. The zero-order valence-corrected chi connectivity index (χ0v) is 11.0. The van der Waals surface area contributed by atoms with Gasteiger partial charge >= 0.3 is 6.18 Å². The Kier molecular flexibility index (Phi) is 4.72. The molecule has 2 nitrogen and oxygen atoms in total. The Morgan fingerprint density at radius 2 is 2.00 bits per heavy atom. The third-order valence-corrected chi connectivity index (χ3v) is 2.73. The quantitative estimate of drug-likeness (QED) is 0.776. The van der Waals surface area contributed by atoms with Crippen molar-refractivity contribution in [1.29, 1.82) is 0 Å². The number of hydrogen-bond acceptors (Lipinski definition) is 1. The number of halogens is 5. The molecular weight excluding hydrogens is 318 g/mol. The molecule has 0 unspecified atom stereocenters. The summed E-state index contributed by atoms with van der Waals surface area (Å²) in [7, 11) is 1.20. The van der Waals surface area contributed by atoms with E-state index in [2.05, 4.69) is 15.9 Å². The number of alkyl halides is 3. The van der Waals surface area contributed by atoms with E-state index in [4.69, 9.17) is 0 Å². The molecular formula is C11H10BrF4NO. The molecule has 1 amide bonds. The highest BCUT2D eigenvalue weighted by molar-refractivity contribution is 9.10. The zero-order valence-electron chi connectivity index (χ0n) is 9.39. The molecule has 100 valence electrons. The average molecular weight is 328 g/mol. The summed E-state index contributed by atoms with van der Waals surface area (Å²) < 4.78 is 49.9. The fourth-order valence-electron chi connectivity index (χ4n) is 1.26. The van der Waals surface area contributed by atoms with Crippen LogP contribution in [-0.2, 0) is 0 Å². The maximum atomic E-state index is 13.4. The lowest BCUT2D eigenvalue weighted by Crippen LogP contribution is -2.31. The molecule has 0 saturated carbocycles. The van der Waals surface area contributed by atoms with Crippen molar-refractivity contribution in [3.05, 3.63) is 34.1 Å². The van der Waals surface area contributed by atoms with E-state index in [1.807, 2.05) is 0 Å². The van der Waals surface area contributed by atoms with Gasteiger partial charge in [0.05, 0.1) is 12.0 Å². The Morgan fingerprint density at radius 3 is 2.56 bits per heavy atom. The highest BCUT2D eigenvalue weighted by Crippen LogP contribution is 2.21. The van der Waals surface area contributed by atoms with Gasteiger partial charge in [-0.05, 0) is 18.2 Å². The summed E-state index contributed by atoms with van der Waals surface area (Å²) in [5, 5.41) is 0. The minimum absolute atomic E-state index is 0.256. The van der Waals surface area contributed by atoms with Crippen molar-refractivity contribution >= 4 is 21.8 Å². The van der Waals surface area contributed by atoms with E-state index in [0.717, 1.165) is 11.0 Å². The number of nitrogens with zero attached hydrogens (tertiary/aromatic N) is 1. The molecule has 0 aliphatic heterocycles. The first-order valence-corrected chi connectivity index (χ1v) is 5.77. The number of benzene rings is 1. The van der Waals surface area contributed by atoms with Crippen LogP contribution < -0.4 is 0 Å². The zero-order chi connectivity index (χ0) is 13.9. The Hall–Kier alpha value is -1.11. The highest BCUT2D eigenvalue weighted by Gasteiger charge is 2.28. The largest absolute Gasteiger partial charge is 0.390 e. The van der Waals surface area contributed by atoms with E-state index in [9.17, 15) is 22.4 Å². The molecule has 0 bridgehead atoms. The number of rotatable bonds is 3. The number of carbonyl (C=O) groups is 1. The number of amides is 1. The fraction of sp³-hybridized carbons (Fsp3) is 0.364. The molecule has 1 aromatic rings. The maximum absolute atomic E-state index is 13.4. The van der Waals surface area contributed by atoms with E-state index >= 15 is 0 Å². The molecule has 0 aliphatic rings. The van der Waals surface area contributed by atoms with Crippen molar-refractivity contribution in [3.63, 3.8) is 0 Å². The molecule has 0 aromatic heterocycles. The lowest BCUT2D eigenvalue weighted by molar-refractivity contribution is -0.136. The Labute approximate surface area is 110 Å². The van der Waals surface area contributed by atoms with Gasteiger partial charge < -0.3 is 4.90 Å². The van der Waals surface area contributed by atoms with Crippen molar-refractivity contribution in [3.8, 4) is 0 Å². The van der Waals surface area contributed by atoms with Gasteiger partial charge in [0.2, 0.25) is 0 Å². The van der Waals surface area contributed by atoms with Crippen LogP contribution in [-0.4, -0.2) is 30.6 Å². The van der Waals surface area contributed by atoms with Crippen LogP contribution in [0, 0.1) is 5.82 Å². The molecule has 0 N–H and O–H groups in total. The van der Waals surface area contributed by atoms with Crippen molar-refractivity contribution in [2.24, 2.45) is 0 Å². The van der Waals surface area contributed by atoms with Crippen LogP contribution in [0.4, 0.5) is 17.6 Å². The van der Waals surface area contributed by atoms with E-state index in [1.54, 1.807) is 0 Å². The van der Waals surface area contributed by atoms with Crippen LogP contribution in [0.25, 0.3) is 0 Å². The van der Waals surface area contributed by atoms with Gasteiger partial charge in [-0.2, -0.15) is 13.2 Å². The van der Waals surface area contributed by atoms with Crippen LogP contribution >= 0.6 is 15.9 Å². The predicted molar refractivity (Wildman–Crippen MR) is 61.7 cm³/mol. The van der Waals surface area contributed by atoms with E-state index in [1.165, 1.54) is 19.2 Å². The lowest BCUT2D eigenvalue weighted by Gasteiger charge is -2.18. The van der Waals surface area contributed by atoms with E-state index in [0.29, 0.717) is 4.47 Å². The molecule has 18 heavy (non-hydrogen) atoms. The van der Waals surface area contributed by atoms with Crippen LogP contribution in [0.3, 0.4) is 0 Å². The normalized spacial score (nSPS) is 11.4. The topological polar surface area (TPSA) is 20.3 Å². The molecule has 1 rings (SSSR count). The molecule has 0 atom stereocenters. The van der Waals surface area contributed by atoms with Crippen LogP contribution in [0.1, 0.15) is 16.8 Å². The summed E-state index contributed by atoms with van der Waals surface area (Å²) in [5.74, 6) is -1.54. The predicted octanol–water partition coefficient (Wildman–Crippen LogP) is 3.61. The maximum Gasteiger partial charge on any atom is 0.390 e. The SMILES string of the molecule is CN(CCC(F)(F)F)C(=O)c1cc(Br)ccc1F. The first-order chi connectivity index (χ1) is 8.20. The minimum Gasteiger partial charge on any atom is -0.341 e. The average Bonchev–Trinajstić information content (AvgIpc) is 2.27. The first kappa shape index (κ1) is 14.9. The van der Waals surface area contributed by atoms with Crippen LogP contribution in [0.5, 0.6) is 0 Å². The van der Waals surface area contributed by atoms with Gasteiger partial charge in [0.25, 0.3) is 5.91 Å². The lowest BCUT2D eigenvalue weighted by atomic mass is 10.2. The highest BCUT2D eigenvalue weighted by atomic mass is 79.9. The van der Waals surface area contributed by atoms with E-state index < -0.39 is 30.9 Å². The molecule has 1 aromatic carbocycles. The number of hydrogen-bond donors (Lipinski definition) is 0. The Bertz CT molecular complexity index is 447. The van der Waals surface area contributed by atoms with Crippen LogP contribution in [0.2, 0.25) is 0 Å². The van der Waals surface area contributed by atoms with Crippen molar-refractivity contribution in [2.75, 3.05) is 13.6 Å². The number of carbonyl (C=O) groups excluding carboxylic acids is 1. The third kappa shape index (κ3) is 4.29. The molecule has 0 spiro atoms. The van der Waals surface area contributed by atoms with Gasteiger partial charge in [0.15, 0.2) is 0 Å². The molecule has 0 saturated heterocycles. The second kappa shape index (κ2) is 5.69. The summed E-state index contributed by atoms with van der Waals surface area (Å²) in [5.41, 5.74) is -0.256. The van der Waals surface area contributed by atoms with Gasteiger partial charge in [0.1, 0.15) is 5.82 Å². The summed E-state index contributed by atoms with van der Waals surface area (Å²) >= 11 is 3.07. The summed E-state index contributed by atoms with van der Waals surface area (Å²) in [6.45, 7) is -0.506. The summed E-state index contributed by atoms with van der Waals surface area (Å²) in [6, 6.07) is 3.72. The molecule has 0 fully saturated rings. The standard InChI is InChI=1S/C11H10BrF4NO/c1-17(5-4-11(14,15)16)10(18)8-6-7(12)2-3-9(8)13/h2-3,6H,4-5H2,1H3. The smallest absolute Gasteiger partial charge is 0.341 e. The van der Waals surface area contributed by atoms with Crippen molar-refractivity contribution < 1.29 is 22.4 Å². The minimum atomic E-state index is -4.34. The molecule has 0 radical (unpaired) electrons. The molecule has 7 heteroatoms. The summed E-state index contributed by atoms with van der Waals surface area (Å²) in [6.07, 6.45) is -5.46. The summed E-state index contributed by atoms with van der Waals surface area (Å²) in [4.78, 5) is 12.6. The monoisotopic (exact) mass is 327 g/mol. The van der Waals surface area contributed by atoms with Gasteiger partial charge in [-0.1, -0.05) is 15.9 Å². The van der Waals surface area contributed by atoms with Gasteiger partial charge in [-0.15, -0.1) is 0 Å². The molecule has 0 heterocycles. The first-order valence-electron chi connectivity index (χ1n) is 4.98. The second-order valence-electron chi connectivity index (χ2n) is 3.72. The Balaban J connectivity index is 2.77. The van der Waals surface area contributed by atoms with Crippen molar-refractivity contribution in [2.45, 2.75) is 12.6 Å². The van der Waals surface area contributed by atoms with Gasteiger partial charge in [-0.3, -0.25) is 4.79 Å². The van der Waals surface area contributed by atoms with Crippen molar-refractivity contribution in [1.82, 2.24) is 4.90 Å². The van der Waals surface area contributed by atoms with Gasteiger partial charge in [0, 0.05) is 18.1 Å². The van der Waals surface area contributed by atoms with Crippen LogP contribution in [0.15, 0.2) is 22.7 Å². The van der Waals surface area contributed by atoms with E-state index in [-0.39, 0.29) is 5.56 Å². The molecule has 0 aliphatic carbocycles. The fourth-order valence-corrected chi connectivity index (χ4v) is 1.62. The third-order valence-electron chi connectivity index (χ3n) is 2.24. The van der Waals surface area contributed by atoms with Gasteiger partial charge in [-0.25, -0.2) is 4.39 Å². The second-order valence-corrected chi connectivity index (χ2v) is 4.63.